The number of halogens is 1. The molecule has 0 amide bonds. The molecule has 3 heteroatoms. The van der Waals surface area contributed by atoms with Gasteiger partial charge in [-0.05, 0) is 6.42 Å². The third-order valence-corrected chi connectivity index (χ3v) is 4.02. The summed E-state index contributed by atoms with van der Waals surface area (Å²) < 4.78 is 3.02. The predicted octanol–water partition coefficient (Wildman–Crippen LogP) is 5.72. The van der Waals surface area contributed by atoms with E-state index < -0.39 is 0 Å². The monoisotopic (exact) mass is 343 g/mol. The Morgan fingerprint density at radius 2 is 0.895 bits per heavy atom. The van der Waals surface area contributed by atoms with E-state index >= 15 is 0 Å². The van der Waals surface area contributed by atoms with Crippen molar-refractivity contribution >= 4 is 45.7 Å². The number of nitrogens with one attached hydrogen (secondary N) is 1. The normalized spacial score (nSPS) is 10.4. The molecule has 0 aliphatic rings. The van der Waals surface area contributed by atoms with Crippen LogP contribution in [-0.4, -0.2) is 36.1 Å². The molecule has 0 rings (SSSR count). The Morgan fingerprint density at radius 1 is 0.579 bits per heavy atom. The molecule has 0 saturated heterocycles. The van der Waals surface area contributed by atoms with Crippen molar-refractivity contribution in [1.82, 2.24) is 4.34 Å². The van der Waals surface area contributed by atoms with Crippen molar-refractivity contribution in [2.45, 2.75) is 96.8 Å². The maximum absolute atomic E-state index is 3.24. The van der Waals surface area contributed by atoms with Gasteiger partial charge in [-0.2, -0.15) is 0 Å². The van der Waals surface area contributed by atoms with E-state index in [0.29, 0.717) is 0 Å². The van der Waals surface area contributed by atoms with Gasteiger partial charge >= 0.3 is 29.6 Å². The van der Waals surface area contributed by atoms with Crippen molar-refractivity contribution in [2.24, 2.45) is 0 Å². The molecular weight excluding hydrogens is 309 g/mol. The second kappa shape index (κ2) is 21.7. The van der Waals surface area contributed by atoms with E-state index in [1.54, 1.807) is 0 Å². The van der Waals surface area contributed by atoms with Crippen LogP contribution in [0.1, 0.15) is 96.8 Å². The van der Waals surface area contributed by atoms with E-state index in [0.717, 1.165) is 6.54 Å². The number of hydrogen-bond acceptors (Lipinski definition) is 1. The fourth-order valence-corrected chi connectivity index (χ4v) is 2.67. The van der Waals surface area contributed by atoms with Gasteiger partial charge in [-0.25, -0.2) is 0 Å². The minimum absolute atomic E-state index is 0. The summed E-state index contributed by atoms with van der Waals surface area (Å²) in [4.78, 5) is 0. The summed E-state index contributed by atoms with van der Waals surface area (Å²) in [6.07, 6.45) is 20.1. The third-order valence-electron chi connectivity index (χ3n) is 3.62. The standard InChI is InChI=1S/C16H34BrN.Na.H/c1-2-3-4-5-6-7-8-9-10-11-12-13-14-15-16-18-17;;/h18H,2-16H2,1H3;;. The molecule has 0 aromatic heterocycles. The molecule has 112 valence electrons. The van der Waals surface area contributed by atoms with Crippen LogP contribution in [0.2, 0.25) is 0 Å². The maximum atomic E-state index is 3.24. The molecule has 1 nitrogen and oxygen atoms in total. The molecule has 0 spiro atoms. The Morgan fingerprint density at radius 3 is 1.21 bits per heavy atom. The first-order valence-electron chi connectivity index (χ1n) is 8.25. The SMILES string of the molecule is CCCCCCCCCCCCCCCCNBr.[NaH]. The Kier molecular flexibility index (Phi) is 26.0. The zero-order valence-corrected chi connectivity index (χ0v) is 14.1. The molecule has 0 radical (unpaired) electrons. The molecule has 1 N–H and O–H groups in total. The van der Waals surface area contributed by atoms with Crippen molar-refractivity contribution in [1.29, 1.82) is 0 Å². The summed E-state index contributed by atoms with van der Waals surface area (Å²) in [7, 11) is 0. The molecule has 0 saturated carbocycles. The van der Waals surface area contributed by atoms with Gasteiger partial charge < -0.3 is 0 Å². The summed E-state index contributed by atoms with van der Waals surface area (Å²) in [5.41, 5.74) is 0. The van der Waals surface area contributed by atoms with Crippen LogP contribution in [0.15, 0.2) is 0 Å². The molecule has 0 aliphatic heterocycles. The second-order valence-electron chi connectivity index (χ2n) is 5.48. The van der Waals surface area contributed by atoms with Crippen LogP contribution in [0.4, 0.5) is 0 Å². The van der Waals surface area contributed by atoms with Crippen molar-refractivity contribution < 1.29 is 0 Å². The number of hydrogen-bond donors (Lipinski definition) is 1. The van der Waals surface area contributed by atoms with E-state index in [9.17, 15) is 0 Å². The van der Waals surface area contributed by atoms with E-state index in [4.69, 9.17) is 0 Å². The first kappa shape index (κ1) is 22.7. The van der Waals surface area contributed by atoms with Crippen molar-refractivity contribution in [3.8, 4) is 0 Å². The second-order valence-corrected chi connectivity index (χ2v) is 6.04. The van der Waals surface area contributed by atoms with Crippen molar-refractivity contribution in [2.75, 3.05) is 6.54 Å². The number of unbranched alkanes of at least 4 members (excludes halogenated alkanes) is 13. The molecule has 0 fully saturated rings. The average Bonchev–Trinajstić information content (AvgIpc) is 2.39. The van der Waals surface area contributed by atoms with Crippen LogP contribution in [0, 0.1) is 0 Å². The van der Waals surface area contributed by atoms with Crippen LogP contribution in [0.5, 0.6) is 0 Å². The molecule has 0 atom stereocenters. The number of rotatable bonds is 15. The first-order valence-corrected chi connectivity index (χ1v) is 9.04. The topological polar surface area (TPSA) is 12.0 Å². The van der Waals surface area contributed by atoms with E-state index in [1.807, 2.05) is 0 Å². The van der Waals surface area contributed by atoms with Gasteiger partial charge in [-0.1, -0.05) is 90.4 Å². The third kappa shape index (κ3) is 21.9. The minimum atomic E-state index is 0. The quantitative estimate of drug-likeness (QED) is 0.228. The van der Waals surface area contributed by atoms with Gasteiger partial charge in [-0.15, -0.1) is 0 Å². The van der Waals surface area contributed by atoms with Crippen LogP contribution in [0.3, 0.4) is 0 Å². The Bertz CT molecular complexity index is 129. The summed E-state index contributed by atoms with van der Waals surface area (Å²) in [6, 6.07) is 0. The predicted molar refractivity (Wildman–Crippen MR) is 94.4 cm³/mol. The van der Waals surface area contributed by atoms with Crippen molar-refractivity contribution in [3.63, 3.8) is 0 Å². The molecular formula is C16H35BrNNa. The summed E-state index contributed by atoms with van der Waals surface area (Å²) >= 11 is 3.24. The Balaban J connectivity index is 0. The van der Waals surface area contributed by atoms with Crippen LogP contribution in [-0.2, 0) is 0 Å². The van der Waals surface area contributed by atoms with Gasteiger partial charge in [0.1, 0.15) is 0 Å². The molecule has 0 unspecified atom stereocenters. The Labute approximate surface area is 152 Å². The van der Waals surface area contributed by atoms with E-state index in [-0.39, 0.29) is 29.6 Å². The van der Waals surface area contributed by atoms with Crippen LogP contribution < -0.4 is 4.34 Å². The van der Waals surface area contributed by atoms with Crippen molar-refractivity contribution in [3.05, 3.63) is 0 Å². The molecule has 19 heavy (non-hydrogen) atoms. The van der Waals surface area contributed by atoms with E-state index in [1.165, 1.54) is 89.9 Å². The molecule has 0 heterocycles. The fraction of sp³-hybridized carbons (Fsp3) is 1.00. The van der Waals surface area contributed by atoms with E-state index in [2.05, 4.69) is 27.4 Å². The summed E-state index contributed by atoms with van der Waals surface area (Å²) in [5.74, 6) is 0. The molecule has 0 aromatic carbocycles. The summed E-state index contributed by atoms with van der Waals surface area (Å²) in [6.45, 7) is 3.40. The van der Waals surface area contributed by atoms with Gasteiger partial charge in [0.15, 0.2) is 0 Å². The summed E-state index contributed by atoms with van der Waals surface area (Å²) in [5, 5.41) is 0. The van der Waals surface area contributed by atoms with Crippen LogP contribution >= 0.6 is 16.1 Å². The average molecular weight is 344 g/mol. The zero-order chi connectivity index (χ0) is 13.3. The van der Waals surface area contributed by atoms with Gasteiger partial charge in [0.2, 0.25) is 0 Å². The zero-order valence-electron chi connectivity index (χ0n) is 12.5. The fourth-order valence-electron chi connectivity index (χ4n) is 2.39. The van der Waals surface area contributed by atoms with Crippen LogP contribution in [0.25, 0.3) is 0 Å². The molecule has 0 aliphatic carbocycles. The first-order chi connectivity index (χ1) is 8.91. The van der Waals surface area contributed by atoms with Gasteiger partial charge in [0.05, 0.1) is 0 Å². The van der Waals surface area contributed by atoms with Gasteiger partial charge in [-0.3, -0.25) is 4.34 Å². The van der Waals surface area contributed by atoms with Gasteiger partial charge in [0.25, 0.3) is 0 Å². The molecule has 0 bridgehead atoms. The van der Waals surface area contributed by atoms with Gasteiger partial charge in [0, 0.05) is 22.7 Å². The Hall–Kier alpha value is 1.44. The molecule has 0 aromatic rings.